The molecule has 0 aliphatic carbocycles. The molecule has 1 amide bonds. The molecule has 0 bridgehead atoms. The topological polar surface area (TPSA) is 36.7 Å². The normalized spacial score (nSPS) is 22.1. The first-order valence-electron chi connectivity index (χ1n) is 8.15. The summed E-state index contributed by atoms with van der Waals surface area (Å²) in [7, 11) is 0. The van der Waals surface area contributed by atoms with Crippen LogP contribution >= 0.6 is 11.8 Å². The molecule has 2 saturated heterocycles. The number of carbonyl (C=O) groups excluding carboxylic acids is 1. The van der Waals surface area contributed by atoms with Gasteiger partial charge in [-0.25, -0.2) is 0 Å². The highest BCUT2D eigenvalue weighted by atomic mass is 32.2. The Hall–Kier alpha value is -1.20. The van der Waals surface area contributed by atoms with Crippen LogP contribution in [0.25, 0.3) is 6.08 Å². The maximum atomic E-state index is 12.3. The molecule has 22 heavy (non-hydrogen) atoms. The molecule has 5 heteroatoms. The first kappa shape index (κ1) is 15.7. The van der Waals surface area contributed by atoms with E-state index in [0.29, 0.717) is 0 Å². The van der Waals surface area contributed by atoms with Gasteiger partial charge in [0.15, 0.2) is 0 Å². The van der Waals surface area contributed by atoms with Crippen molar-refractivity contribution >= 4 is 23.7 Å². The molecule has 0 N–H and O–H groups in total. The van der Waals surface area contributed by atoms with E-state index in [1.807, 2.05) is 17.0 Å². The summed E-state index contributed by atoms with van der Waals surface area (Å²) in [5.41, 5.74) is 0. The first-order chi connectivity index (χ1) is 10.8. The van der Waals surface area contributed by atoms with Crippen LogP contribution in [-0.4, -0.2) is 59.4 Å². The fourth-order valence-electron chi connectivity index (χ4n) is 3.22. The third-order valence-corrected chi connectivity index (χ3v) is 5.53. The van der Waals surface area contributed by atoms with E-state index in [-0.39, 0.29) is 5.91 Å². The van der Waals surface area contributed by atoms with Crippen LogP contribution < -0.4 is 0 Å². The molecule has 2 fully saturated rings. The van der Waals surface area contributed by atoms with E-state index in [2.05, 4.69) is 16.7 Å². The van der Waals surface area contributed by atoms with Gasteiger partial charge in [-0.1, -0.05) is 0 Å². The van der Waals surface area contributed by atoms with Crippen molar-refractivity contribution in [1.82, 2.24) is 9.80 Å². The molecule has 2 aliphatic heterocycles. The molecule has 120 valence electrons. The number of amides is 1. The van der Waals surface area contributed by atoms with Crippen LogP contribution in [-0.2, 0) is 4.79 Å². The van der Waals surface area contributed by atoms with Gasteiger partial charge in [0, 0.05) is 38.3 Å². The van der Waals surface area contributed by atoms with Crippen LogP contribution in [0.4, 0.5) is 0 Å². The standard InChI is InChI=1S/C17H24N2O2S/c20-17(5-4-16-3-1-12-21-16)19-9-2-8-18(10-11-19)15-6-13-22-14-7-15/h1,3-5,12,15H,2,6-11,13-14H2. The lowest BCUT2D eigenvalue weighted by Gasteiger charge is -2.33. The van der Waals surface area contributed by atoms with E-state index in [0.717, 1.165) is 44.4 Å². The number of nitrogens with zero attached hydrogens (tertiary/aromatic N) is 2. The second-order valence-corrected chi connectivity index (χ2v) is 7.13. The van der Waals surface area contributed by atoms with Gasteiger partial charge in [0.2, 0.25) is 5.91 Å². The minimum atomic E-state index is 0.0949. The lowest BCUT2D eigenvalue weighted by atomic mass is 10.1. The van der Waals surface area contributed by atoms with Crippen molar-refractivity contribution in [3.63, 3.8) is 0 Å². The Morgan fingerprint density at radius 3 is 2.86 bits per heavy atom. The fraction of sp³-hybridized carbons (Fsp3) is 0.588. The van der Waals surface area contributed by atoms with Gasteiger partial charge in [-0.15, -0.1) is 0 Å². The van der Waals surface area contributed by atoms with Gasteiger partial charge < -0.3 is 9.32 Å². The summed E-state index contributed by atoms with van der Waals surface area (Å²) < 4.78 is 5.22. The molecule has 1 aromatic heterocycles. The second-order valence-electron chi connectivity index (χ2n) is 5.91. The minimum Gasteiger partial charge on any atom is -0.465 e. The van der Waals surface area contributed by atoms with Gasteiger partial charge in [-0.2, -0.15) is 11.8 Å². The summed E-state index contributed by atoms with van der Waals surface area (Å²) in [5, 5.41) is 0. The molecular formula is C17H24N2O2S. The zero-order chi connectivity index (χ0) is 15.2. The Labute approximate surface area is 136 Å². The molecule has 0 aromatic carbocycles. The maximum Gasteiger partial charge on any atom is 0.246 e. The third kappa shape index (κ3) is 4.17. The van der Waals surface area contributed by atoms with Crippen molar-refractivity contribution in [1.29, 1.82) is 0 Å². The molecule has 2 aliphatic rings. The highest BCUT2D eigenvalue weighted by Crippen LogP contribution is 2.22. The molecule has 0 atom stereocenters. The van der Waals surface area contributed by atoms with E-state index >= 15 is 0 Å². The van der Waals surface area contributed by atoms with Crippen molar-refractivity contribution in [2.75, 3.05) is 37.7 Å². The quantitative estimate of drug-likeness (QED) is 0.803. The van der Waals surface area contributed by atoms with Crippen LogP contribution in [0.5, 0.6) is 0 Å². The third-order valence-electron chi connectivity index (χ3n) is 4.48. The van der Waals surface area contributed by atoms with Gasteiger partial charge in [0.25, 0.3) is 0 Å². The number of furan rings is 1. The number of hydrogen-bond donors (Lipinski definition) is 0. The Bertz CT molecular complexity index is 495. The maximum absolute atomic E-state index is 12.3. The molecule has 0 spiro atoms. The van der Waals surface area contributed by atoms with Crippen LogP contribution in [0, 0.1) is 0 Å². The summed E-state index contributed by atoms with van der Waals surface area (Å²) in [6.07, 6.45) is 8.68. The smallest absolute Gasteiger partial charge is 0.246 e. The van der Waals surface area contributed by atoms with Gasteiger partial charge in [0.05, 0.1) is 6.26 Å². The zero-order valence-electron chi connectivity index (χ0n) is 12.9. The largest absolute Gasteiger partial charge is 0.465 e. The van der Waals surface area contributed by atoms with Crippen LogP contribution in [0.2, 0.25) is 0 Å². The Balaban J connectivity index is 1.52. The van der Waals surface area contributed by atoms with Gasteiger partial charge >= 0.3 is 0 Å². The second kappa shape index (κ2) is 7.88. The molecular weight excluding hydrogens is 296 g/mol. The average molecular weight is 320 g/mol. The van der Waals surface area contributed by atoms with E-state index in [1.54, 1.807) is 18.4 Å². The Morgan fingerprint density at radius 1 is 1.23 bits per heavy atom. The summed E-state index contributed by atoms with van der Waals surface area (Å²) in [6.45, 7) is 3.83. The predicted octanol–water partition coefficient (Wildman–Crippen LogP) is 2.72. The number of carbonyl (C=O) groups is 1. The fourth-order valence-corrected chi connectivity index (χ4v) is 4.30. The molecule has 4 nitrogen and oxygen atoms in total. The summed E-state index contributed by atoms with van der Waals surface area (Å²) in [5.74, 6) is 3.40. The molecule has 0 radical (unpaired) electrons. The highest BCUT2D eigenvalue weighted by Gasteiger charge is 2.24. The van der Waals surface area contributed by atoms with Crippen molar-refractivity contribution in [2.24, 2.45) is 0 Å². The SMILES string of the molecule is O=C(C=Cc1ccco1)N1CCCN(C2CCSCC2)CC1. The zero-order valence-corrected chi connectivity index (χ0v) is 13.8. The predicted molar refractivity (Wildman–Crippen MR) is 90.9 cm³/mol. The highest BCUT2D eigenvalue weighted by molar-refractivity contribution is 7.99. The molecule has 0 unspecified atom stereocenters. The van der Waals surface area contributed by atoms with Gasteiger partial charge in [-0.3, -0.25) is 9.69 Å². The van der Waals surface area contributed by atoms with Crippen molar-refractivity contribution in [3.05, 3.63) is 30.2 Å². The van der Waals surface area contributed by atoms with Crippen molar-refractivity contribution in [3.8, 4) is 0 Å². The molecule has 1 aromatic rings. The Morgan fingerprint density at radius 2 is 2.09 bits per heavy atom. The average Bonchev–Trinajstić information content (AvgIpc) is 2.96. The van der Waals surface area contributed by atoms with Crippen LogP contribution in [0.1, 0.15) is 25.0 Å². The molecule has 3 rings (SSSR count). The summed E-state index contributed by atoms with van der Waals surface area (Å²) >= 11 is 2.07. The van der Waals surface area contributed by atoms with E-state index in [9.17, 15) is 4.79 Å². The summed E-state index contributed by atoms with van der Waals surface area (Å²) in [6, 6.07) is 4.42. The monoisotopic (exact) mass is 320 g/mol. The first-order valence-corrected chi connectivity index (χ1v) is 9.31. The minimum absolute atomic E-state index is 0.0949. The molecule has 0 saturated carbocycles. The van der Waals surface area contributed by atoms with Crippen LogP contribution in [0.15, 0.2) is 28.9 Å². The number of thioether (sulfide) groups is 1. The number of rotatable bonds is 3. The van der Waals surface area contributed by atoms with E-state index in [4.69, 9.17) is 4.42 Å². The summed E-state index contributed by atoms with van der Waals surface area (Å²) in [4.78, 5) is 16.9. The van der Waals surface area contributed by atoms with Gasteiger partial charge in [0.1, 0.15) is 5.76 Å². The molecule has 3 heterocycles. The van der Waals surface area contributed by atoms with Crippen molar-refractivity contribution < 1.29 is 9.21 Å². The van der Waals surface area contributed by atoms with Crippen LogP contribution in [0.3, 0.4) is 0 Å². The lowest BCUT2D eigenvalue weighted by molar-refractivity contribution is -0.125. The lowest BCUT2D eigenvalue weighted by Crippen LogP contribution is -2.41. The van der Waals surface area contributed by atoms with E-state index < -0.39 is 0 Å². The van der Waals surface area contributed by atoms with E-state index in [1.165, 1.54) is 24.3 Å². The van der Waals surface area contributed by atoms with Gasteiger partial charge in [-0.05, 0) is 49.0 Å². The Kier molecular flexibility index (Phi) is 5.62. The van der Waals surface area contributed by atoms with Crippen molar-refractivity contribution in [2.45, 2.75) is 25.3 Å². The number of hydrogen-bond acceptors (Lipinski definition) is 4.